The standard InChI is InChI=1S/C18H16BrN3O/c1-10-20-16-5-4-15(9-17(16)21-10)22-18(23)13-6-11-2-3-14(19)8-12(11)7-13/h2-5,8-9,13H,6-7H2,1H3,(H,20,21)(H,22,23). The Morgan fingerprint density at radius 1 is 1.22 bits per heavy atom. The molecular formula is C18H16BrN3O. The molecule has 1 aromatic heterocycles. The zero-order valence-corrected chi connectivity index (χ0v) is 14.3. The van der Waals surface area contributed by atoms with Gasteiger partial charge in [0.25, 0.3) is 0 Å². The van der Waals surface area contributed by atoms with Gasteiger partial charge in [0.15, 0.2) is 0 Å². The summed E-state index contributed by atoms with van der Waals surface area (Å²) < 4.78 is 1.07. The first-order valence-corrected chi connectivity index (χ1v) is 8.42. The number of hydrogen-bond donors (Lipinski definition) is 2. The number of fused-ring (bicyclic) bond motifs is 2. The zero-order chi connectivity index (χ0) is 16.0. The summed E-state index contributed by atoms with van der Waals surface area (Å²) in [5, 5.41) is 3.04. The largest absolute Gasteiger partial charge is 0.342 e. The molecule has 0 aliphatic heterocycles. The van der Waals surface area contributed by atoms with Gasteiger partial charge in [-0.25, -0.2) is 4.98 Å². The number of nitrogens with zero attached hydrogens (tertiary/aromatic N) is 1. The van der Waals surface area contributed by atoms with Crippen molar-refractivity contribution >= 4 is 38.6 Å². The molecule has 0 saturated carbocycles. The number of aromatic amines is 1. The fraction of sp³-hybridized carbons (Fsp3) is 0.222. The van der Waals surface area contributed by atoms with Crippen molar-refractivity contribution in [1.29, 1.82) is 0 Å². The van der Waals surface area contributed by atoms with Crippen LogP contribution in [0.15, 0.2) is 40.9 Å². The maximum Gasteiger partial charge on any atom is 0.228 e. The highest BCUT2D eigenvalue weighted by atomic mass is 79.9. The average molecular weight is 370 g/mol. The first kappa shape index (κ1) is 14.5. The molecule has 5 heteroatoms. The van der Waals surface area contributed by atoms with E-state index in [4.69, 9.17) is 0 Å². The number of aryl methyl sites for hydroxylation is 1. The fourth-order valence-electron chi connectivity index (χ4n) is 3.23. The zero-order valence-electron chi connectivity index (χ0n) is 12.7. The van der Waals surface area contributed by atoms with E-state index in [0.29, 0.717) is 0 Å². The van der Waals surface area contributed by atoms with Crippen LogP contribution in [0.25, 0.3) is 11.0 Å². The summed E-state index contributed by atoms with van der Waals surface area (Å²) >= 11 is 3.49. The summed E-state index contributed by atoms with van der Waals surface area (Å²) in [5.74, 6) is 0.951. The second-order valence-electron chi connectivity index (χ2n) is 6.06. The van der Waals surface area contributed by atoms with Crippen molar-refractivity contribution in [3.8, 4) is 0 Å². The van der Waals surface area contributed by atoms with Crippen LogP contribution in [0.5, 0.6) is 0 Å². The number of imidazole rings is 1. The Bertz CT molecular complexity index is 916. The Morgan fingerprint density at radius 3 is 2.91 bits per heavy atom. The second kappa shape index (κ2) is 5.49. The summed E-state index contributed by atoms with van der Waals surface area (Å²) in [7, 11) is 0. The van der Waals surface area contributed by atoms with Crippen LogP contribution >= 0.6 is 15.9 Å². The lowest BCUT2D eigenvalue weighted by atomic mass is 10.1. The minimum absolute atomic E-state index is 0.00139. The third-order valence-electron chi connectivity index (χ3n) is 4.34. The minimum Gasteiger partial charge on any atom is -0.342 e. The summed E-state index contributed by atoms with van der Waals surface area (Å²) in [6.45, 7) is 1.92. The van der Waals surface area contributed by atoms with Gasteiger partial charge in [0.1, 0.15) is 5.82 Å². The molecule has 23 heavy (non-hydrogen) atoms. The topological polar surface area (TPSA) is 57.8 Å². The monoisotopic (exact) mass is 369 g/mol. The van der Waals surface area contributed by atoms with Gasteiger partial charge >= 0.3 is 0 Å². The molecule has 1 aliphatic carbocycles. The number of amides is 1. The summed E-state index contributed by atoms with van der Waals surface area (Å²) in [5.41, 5.74) is 5.20. The van der Waals surface area contributed by atoms with Gasteiger partial charge in [-0.1, -0.05) is 22.0 Å². The summed E-state index contributed by atoms with van der Waals surface area (Å²) in [4.78, 5) is 20.1. The quantitative estimate of drug-likeness (QED) is 0.717. The maximum absolute atomic E-state index is 12.6. The van der Waals surface area contributed by atoms with E-state index in [1.165, 1.54) is 11.1 Å². The Hall–Kier alpha value is -2.14. The molecule has 1 amide bonds. The Morgan fingerprint density at radius 2 is 2.04 bits per heavy atom. The van der Waals surface area contributed by atoms with Crippen LogP contribution in [0.1, 0.15) is 17.0 Å². The van der Waals surface area contributed by atoms with Crippen LogP contribution in [0.3, 0.4) is 0 Å². The van der Waals surface area contributed by atoms with Crippen molar-refractivity contribution in [2.24, 2.45) is 5.92 Å². The number of rotatable bonds is 2. The number of hydrogen-bond acceptors (Lipinski definition) is 2. The number of H-pyrrole nitrogens is 1. The van der Waals surface area contributed by atoms with Crippen molar-refractivity contribution in [3.63, 3.8) is 0 Å². The average Bonchev–Trinajstić information content (AvgIpc) is 3.08. The molecule has 116 valence electrons. The van der Waals surface area contributed by atoms with Crippen molar-refractivity contribution in [2.45, 2.75) is 19.8 Å². The van der Waals surface area contributed by atoms with Crippen molar-refractivity contribution in [2.75, 3.05) is 5.32 Å². The van der Waals surface area contributed by atoms with E-state index in [9.17, 15) is 4.79 Å². The Kier molecular flexibility index (Phi) is 3.45. The number of anilines is 1. The van der Waals surface area contributed by atoms with Gasteiger partial charge in [-0.2, -0.15) is 0 Å². The Labute approximate surface area is 142 Å². The predicted molar refractivity (Wildman–Crippen MR) is 94.5 cm³/mol. The van der Waals surface area contributed by atoms with Gasteiger partial charge in [-0.05, 0) is 61.2 Å². The molecule has 2 aromatic carbocycles. The third kappa shape index (κ3) is 2.77. The molecule has 0 fully saturated rings. The first-order valence-electron chi connectivity index (χ1n) is 7.63. The highest BCUT2D eigenvalue weighted by molar-refractivity contribution is 9.10. The lowest BCUT2D eigenvalue weighted by Crippen LogP contribution is -2.23. The molecule has 3 aromatic rings. The lowest BCUT2D eigenvalue weighted by molar-refractivity contribution is -0.119. The predicted octanol–water partition coefficient (Wildman–Crippen LogP) is 3.99. The van der Waals surface area contributed by atoms with Gasteiger partial charge in [0, 0.05) is 16.1 Å². The Balaban J connectivity index is 1.51. The maximum atomic E-state index is 12.6. The minimum atomic E-state index is -0.00139. The van der Waals surface area contributed by atoms with Gasteiger partial charge in [-0.15, -0.1) is 0 Å². The first-order chi connectivity index (χ1) is 11.1. The molecule has 0 bridgehead atoms. The molecule has 1 heterocycles. The van der Waals surface area contributed by atoms with E-state index in [1.807, 2.05) is 31.2 Å². The molecule has 0 radical (unpaired) electrons. The van der Waals surface area contributed by atoms with Gasteiger partial charge in [-0.3, -0.25) is 4.79 Å². The molecule has 1 atom stereocenters. The number of carbonyl (C=O) groups excluding carboxylic acids is 1. The van der Waals surface area contributed by atoms with Crippen LogP contribution < -0.4 is 5.32 Å². The van der Waals surface area contributed by atoms with Crippen LogP contribution in [-0.4, -0.2) is 15.9 Å². The fourth-order valence-corrected chi connectivity index (χ4v) is 3.64. The molecular weight excluding hydrogens is 354 g/mol. The van der Waals surface area contributed by atoms with E-state index in [2.05, 4.69) is 43.3 Å². The van der Waals surface area contributed by atoms with Crippen LogP contribution in [0.2, 0.25) is 0 Å². The number of carbonyl (C=O) groups is 1. The SMILES string of the molecule is Cc1nc2ccc(NC(=O)C3Cc4ccc(Br)cc4C3)cc2[nH]1. The van der Waals surface area contributed by atoms with Crippen LogP contribution in [-0.2, 0) is 17.6 Å². The second-order valence-corrected chi connectivity index (χ2v) is 6.98. The third-order valence-corrected chi connectivity index (χ3v) is 4.83. The summed E-state index contributed by atoms with van der Waals surface area (Å²) in [6, 6.07) is 12.0. The lowest BCUT2D eigenvalue weighted by Gasteiger charge is -2.10. The molecule has 1 aliphatic rings. The highest BCUT2D eigenvalue weighted by Gasteiger charge is 2.27. The van der Waals surface area contributed by atoms with E-state index in [1.54, 1.807) is 0 Å². The van der Waals surface area contributed by atoms with Crippen LogP contribution in [0.4, 0.5) is 5.69 Å². The van der Waals surface area contributed by atoms with Gasteiger partial charge < -0.3 is 10.3 Å². The molecule has 0 spiro atoms. The summed E-state index contributed by atoms with van der Waals surface area (Å²) in [6.07, 6.45) is 1.60. The van der Waals surface area contributed by atoms with E-state index < -0.39 is 0 Å². The number of nitrogens with one attached hydrogen (secondary N) is 2. The molecule has 1 unspecified atom stereocenters. The van der Waals surface area contributed by atoms with Gasteiger partial charge in [0.05, 0.1) is 11.0 Å². The molecule has 0 saturated heterocycles. The molecule has 4 nitrogen and oxygen atoms in total. The van der Waals surface area contributed by atoms with Crippen LogP contribution in [0, 0.1) is 12.8 Å². The van der Waals surface area contributed by atoms with Crippen molar-refractivity contribution in [3.05, 3.63) is 57.8 Å². The van der Waals surface area contributed by atoms with Crippen molar-refractivity contribution in [1.82, 2.24) is 9.97 Å². The van der Waals surface area contributed by atoms with Gasteiger partial charge in [0.2, 0.25) is 5.91 Å². The van der Waals surface area contributed by atoms with Crippen molar-refractivity contribution < 1.29 is 4.79 Å². The smallest absolute Gasteiger partial charge is 0.228 e. The van der Waals surface area contributed by atoms with E-state index in [0.717, 1.165) is 39.9 Å². The number of aromatic nitrogens is 2. The molecule has 4 rings (SSSR count). The molecule has 2 N–H and O–H groups in total. The highest BCUT2D eigenvalue weighted by Crippen LogP contribution is 2.30. The van der Waals surface area contributed by atoms with E-state index in [-0.39, 0.29) is 11.8 Å². The number of benzene rings is 2. The normalized spacial score (nSPS) is 16.5. The van der Waals surface area contributed by atoms with E-state index >= 15 is 0 Å². The number of halogens is 1.